The Hall–Kier alpha value is -1.26. The van der Waals surface area contributed by atoms with E-state index in [0.717, 1.165) is 0 Å². The third kappa shape index (κ3) is 2.85. The molecule has 0 unspecified atom stereocenters. The molecular weight excluding hydrogens is 242 g/mol. The first-order valence-electron chi connectivity index (χ1n) is 7.69. The standard InChI is InChI=1S/C14H23N3O2/c18-14-11-16(15-19-14)17(12-7-3-1-4-8-12)13-9-5-2-6-10-13/h11-13H,1-10H2. The van der Waals surface area contributed by atoms with Crippen molar-refractivity contribution in [1.82, 2.24) is 5.27 Å². The molecule has 0 spiro atoms. The van der Waals surface area contributed by atoms with E-state index in [1.807, 2.05) is 0 Å². The lowest BCUT2D eigenvalue weighted by Crippen LogP contribution is -2.68. The third-order valence-electron chi connectivity index (χ3n) is 4.57. The van der Waals surface area contributed by atoms with Crippen LogP contribution in [0.5, 0.6) is 5.95 Å². The van der Waals surface area contributed by atoms with Crippen LogP contribution in [-0.4, -0.2) is 17.4 Å². The lowest BCUT2D eigenvalue weighted by Gasteiger charge is -2.35. The second-order valence-corrected chi connectivity index (χ2v) is 5.91. The highest BCUT2D eigenvalue weighted by molar-refractivity contribution is 4.94. The Balaban J connectivity index is 1.81. The van der Waals surface area contributed by atoms with E-state index in [4.69, 9.17) is 4.52 Å². The third-order valence-corrected chi connectivity index (χ3v) is 4.57. The van der Waals surface area contributed by atoms with Crippen LogP contribution < -0.4 is 14.9 Å². The first kappa shape index (κ1) is 12.8. The fraction of sp³-hybridized carbons (Fsp3) is 0.857. The van der Waals surface area contributed by atoms with Crippen LogP contribution in [0.2, 0.25) is 0 Å². The predicted molar refractivity (Wildman–Crippen MR) is 68.1 cm³/mol. The zero-order valence-electron chi connectivity index (χ0n) is 11.5. The van der Waals surface area contributed by atoms with Crippen molar-refractivity contribution in [2.75, 3.05) is 5.01 Å². The molecule has 0 atom stereocenters. The average molecular weight is 265 g/mol. The van der Waals surface area contributed by atoms with Crippen LogP contribution in [0, 0.1) is 0 Å². The van der Waals surface area contributed by atoms with Crippen LogP contribution in [-0.2, 0) is 0 Å². The summed E-state index contributed by atoms with van der Waals surface area (Å²) in [5.41, 5.74) is 0. The van der Waals surface area contributed by atoms with Crippen molar-refractivity contribution in [3.8, 4) is 5.95 Å². The van der Waals surface area contributed by atoms with Crippen molar-refractivity contribution in [1.29, 1.82) is 0 Å². The number of nitrogens with zero attached hydrogens (tertiary/aromatic N) is 3. The average Bonchev–Trinajstić information content (AvgIpc) is 2.88. The maximum Gasteiger partial charge on any atom is 0.255 e. The zero-order chi connectivity index (χ0) is 13.1. The molecule has 2 aliphatic rings. The molecule has 0 radical (unpaired) electrons. The lowest BCUT2D eigenvalue weighted by molar-refractivity contribution is -0.766. The van der Waals surface area contributed by atoms with Crippen molar-refractivity contribution in [3.63, 3.8) is 0 Å². The molecule has 1 aromatic heterocycles. The highest BCUT2D eigenvalue weighted by Gasteiger charge is 2.35. The van der Waals surface area contributed by atoms with E-state index in [2.05, 4.69) is 10.3 Å². The van der Waals surface area contributed by atoms with E-state index < -0.39 is 0 Å². The quantitative estimate of drug-likeness (QED) is 0.780. The maximum atomic E-state index is 11.3. The van der Waals surface area contributed by atoms with E-state index in [1.165, 1.54) is 70.4 Å². The van der Waals surface area contributed by atoms with Gasteiger partial charge in [0, 0.05) is 4.79 Å². The monoisotopic (exact) mass is 265 g/mol. The molecule has 0 saturated heterocycles. The summed E-state index contributed by atoms with van der Waals surface area (Å²) in [4.78, 5) is 1.69. The first-order chi connectivity index (χ1) is 9.34. The van der Waals surface area contributed by atoms with Crippen LogP contribution in [0.1, 0.15) is 64.2 Å². The van der Waals surface area contributed by atoms with Gasteiger partial charge in [-0.1, -0.05) is 38.5 Å². The summed E-state index contributed by atoms with van der Waals surface area (Å²) in [6.07, 6.45) is 14.2. The number of rotatable bonds is 3. The molecule has 3 rings (SSSR count). The molecule has 2 saturated carbocycles. The Morgan fingerprint density at radius 3 is 1.95 bits per heavy atom. The molecule has 2 fully saturated rings. The van der Waals surface area contributed by atoms with E-state index >= 15 is 0 Å². The van der Waals surface area contributed by atoms with Gasteiger partial charge >= 0.3 is 0 Å². The SMILES string of the molecule is [O-]c1c[n+](N(C2CCCCC2)C2CCCCC2)no1. The molecule has 0 bridgehead atoms. The highest BCUT2D eigenvalue weighted by atomic mass is 16.6. The van der Waals surface area contributed by atoms with Crippen molar-refractivity contribution in [3.05, 3.63) is 6.20 Å². The minimum Gasteiger partial charge on any atom is -0.539 e. The minimum absolute atomic E-state index is 0.350. The van der Waals surface area contributed by atoms with Crippen LogP contribution in [0.3, 0.4) is 0 Å². The first-order valence-corrected chi connectivity index (χ1v) is 7.69. The van der Waals surface area contributed by atoms with E-state index in [0.29, 0.717) is 12.1 Å². The summed E-state index contributed by atoms with van der Waals surface area (Å²) in [5, 5.41) is 17.5. The Labute approximate surface area is 114 Å². The Morgan fingerprint density at radius 2 is 1.53 bits per heavy atom. The summed E-state index contributed by atoms with van der Waals surface area (Å²) >= 11 is 0. The highest BCUT2D eigenvalue weighted by Crippen LogP contribution is 2.27. The van der Waals surface area contributed by atoms with Crippen molar-refractivity contribution in [2.45, 2.75) is 76.3 Å². The number of hydrogen-bond acceptors (Lipinski definition) is 4. The Kier molecular flexibility index (Phi) is 3.89. The fourth-order valence-electron chi connectivity index (χ4n) is 3.66. The Morgan fingerprint density at radius 1 is 1.00 bits per heavy atom. The molecule has 106 valence electrons. The van der Waals surface area contributed by atoms with E-state index in [9.17, 15) is 5.11 Å². The lowest BCUT2D eigenvalue weighted by atomic mass is 9.90. The van der Waals surface area contributed by atoms with Crippen molar-refractivity contribution < 1.29 is 14.4 Å². The summed E-state index contributed by atoms with van der Waals surface area (Å²) in [5.74, 6) is -0.350. The smallest absolute Gasteiger partial charge is 0.255 e. The summed E-state index contributed by atoms with van der Waals surface area (Å²) in [7, 11) is 0. The van der Waals surface area contributed by atoms with Gasteiger partial charge in [-0.05, 0) is 25.7 Å². The Bertz CT molecular complexity index is 377. The number of hydrogen-bond donors (Lipinski definition) is 0. The van der Waals surface area contributed by atoms with E-state index in [1.54, 1.807) is 4.79 Å². The summed E-state index contributed by atoms with van der Waals surface area (Å²) in [6, 6.07) is 1.04. The van der Waals surface area contributed by atoms with Gasteiger partial charge in [-0.2, -0.15) is 0 Å². The molecule has 5 heteroatoms. The van der Waals surface area contributed by atoms with Gasteiger partial charge in [-0.3, -0.25) is 0 Å². The molecule has 0 N–H and O–H groups in total. The molecule has 1 heterocycles. The topological polar surface area (TPSA) is 56.2 Å². The minimum atomic E-state index is -0.350. The zero-order valence-corrected chi connectivity index (χ0v) is 11.5. The molecule has 1 aromatic rings. The molecule has 0 amide bonds. The molecular formula is C14H23N3O2. The molecule has 0 aromatic carbocycles. The van der Waals surface area contributed by atoms with E-state index in [-0.39, 0.29) is 5.95 Å². The molecule has 19 heavy (non-hydrogen) atoms. The largest absolute Gasteiger partial charge is 0.539 e. The van der Waals surface area contributed by atoms with Gasteiger partial charge in [-0.15, -0.1) is 5.01 Å². The van der Waals surface area contributed by atoms with Gasteiger partial charge in [0.15, 0.2) is 5.95 Å². The van der Waals surface area contributed by atoms with Gasteiger partial charge in [0.1, 0.15) is 5.27 Å². The van der Waals surface area contributed by atoms with Crippen molar-refractivity contribution in [2.24, 2.45) is 0 Å². The normalized spacial score (nSPS) is 22.5. The van der Waals surface area contributed by atoms with Gasteiger partial charge in [0.2, 0.25) is 0 Å². The predicted octanol–water partition coefficient (Wildman–Crippen LogP) is 1.64. The van der Waals surface area contributed by atoms with Gasteiger partial charge < -0.3 is 9.63 Å². The van der Waals surface area contributed by atoms with Crippen LogP contribution in [0.15, 0.2) is 10.7 Å². The van der Waals surface area contributed by atoms with Gasteiger partial charge in [-0.25, -0.2) is 0 Å². The van der Waals surface area contributed by atoms with Crippen LogP contribution in [0.25, 0.3) is 0 Å². The second kappa shape index (κ2) is 5.80. The van der Waals surface area contributed by atoms with Crippen LogP contribution >= 0.6 is 0 Å². The number of aromatic nitrogens is 2. The molecule has 2 aliphatic carbocycles. The molecule has 5 nitrogen and oxygen atoms in total. The molecule has 0 aliphatic heterocycles. The fourth-order valence-corrected chi connectivity index (χ4v) is 3.66. The van der Waals surface area contributed by atoms with Crippen LogP contribution in [0.4, 0.5) is 0 Å². The van der Waals surface area contributed by atoms with Gasteiger partial charge in [0.05, 0.1) is 12.1 Å². The summed E-state index contributed by atoms with van der Waals surface area (Å²) in [6.45, 7) is 0. The van der Waals surface area contributed by atoms with Gasteiger partial charge in [0.25, 0.3) is 6.20 Å². The second-order valence-electron chi connectivity index (χ2n) is 5.91. The summed E-state index contributed by atoms with van der Waals surface area (Å²) < 4.78 is 4.74. The van der Waals surface area contributed by atoms with Crippen molar-refractivity contribution >= 4 is 0 Å². The maximum absolute atomic E-state index is 11.3.